The lowest BCUT2D eigenvalue weighted by Gasteiger charge is -2.37. The van der Waals surface area contributed by atoms with E-state index in [4.69, 9.17) is 9.47 Å². The molecular weight excluding hydrogens is 268 g/mol. The maximum absolute atomic E-state index is 12.7. The Bertz CT molecular complexity index is 518. The van der Waals surface area contributed by atoms with Crippen LogP contribution < -0.4 is 10.1 Å². The minimum absolute atomic E-state index is 0.0772. The Morgan fingerprint density at radius 2 is 2.19 bits per heavy atom. The Kier molecular flexibility index (Phi) is 4.83. The molecule has 21 heavy (non-hydrogen) atoms. The number of ether oxygens (including phenoxy) is 2. The molecule has 0 radical (unpaired) electrons. The van der Waals surface area contributed by atoms with Crippen LogP contribution in [0.5, 0.6) is 5.88 Å². The highest BCUT2D eigenvalue weighted by atomic mass is 16.5. The molecule has 5 heteroatoms. The van der Waals surface area contributed by atoms with Crippen molar-refractivity contribution in [2.45, 2.75) is 45.1 Å². The molecule has 1 N–H and O–H groups in total. The number of amides is 1. The summed E-state index contributed by atoms with van der Waals surface area (Å²) in [6.07, 6.45) is 3.70. The zero-order valence-corrected chi connectivity index (χ0v) is 13.2. The molecule has 1 aliphatic rings. The molecule has 0 spiro atoms. The SMILES string of the molecule is COc1ccc(NC(=O)[C@]2(OC)CCC[C@@H](C)C2)c(C)n1. The van der Waals surface area contributed by atoms with Gasteiger partial charge in [0.2, 0.25) is 5.88 Å². The van der Waals surface area contributed by atoms with Gasteiger partial charge in [-0.3, -0.25) is 4.79 Å². The third kappa shape index (κ3) is 3.35. The summed E-state index contributed by atoms with van der Waals surface area (Å²) in [6.45, 7) is 4.02. The quantitative estimate of drug-likeness (QED) is 0.927. The molecule has 2 atom stereocenters. The summed E-state index contributed by atoms with van der Waals surface area (Å²) in [5.41, 5.74) is 0.720. The highest BCUT2D eigenvalue weighted by Gasteiger charge is 2.42. The van der Waals surface area contributed by atoms with Gasteiger partial charge in [0.15, 0.2) is 0 Å². The van der Waals surface area contributed by atoms with Gasteiger partial charge < -0.3 is 14.8 Å². The van der Waals surface area contributed by atoms with Gasteiger partial charge in [-0.25, -0.2) is 4.98 Å². The predicted molar refractivity (Wildman–Crippen MR) is 81.5 cm³/mol. The van der Waals surface area contributed by atoms with Gasteiger partial charge in [0, 0.05) is 13.2 Å². The predicted octanol–water partition coefficient (Wildman–Crippen LogP) is 2.93. The second-order valence-electron chi connectivity index (χ2n) is 5.84. The average Bonchev–Trinajstić information content (AvgIpc) is 2.48. The summed E-state index contributed by atoms with van der Waals surface area (Å²) in [7, 11) is 3.19. The second kappa shape index (κ2) is 6.43. The van der Waals surface area contributed by atoms with Crippen molar-refractivity contribution >= 4 is 11.6 Å². The van der Waals surface area contributed by atoms with Crippen LogP contribution in [0.25, 0.3) is 0 Å². The number of hydrogen-bond acceptors (Lipinski definition) is 4. The molecule has 1 amide bonds. The van der Waals surface area contributed by atoms with Crippen molar-refractivity contribution in [1.29, 1.82) is 0 Å². The van der Waals surface area contributed by atoms with Crippen molar-refractivity contribution in [2.24, 2.45) is 5.92 Å². The van der Waals surface area contributed by atoms with Gasteiger partial charge >= 0.3 is 0 Å². The van der Waals surface area contributed by atoms with Crippen LogP contribution in [0.3, 0.4) is 0 Å². The van der Waals surface area contributed by atoms with Crippen LogP contribution in [0.1, 0.15) is 38.3 Å². The van der Waals surface area contributed by atoms with E-state index in [0.29, 0.717) is 17.5 Å². The van der Waals surface area contributed by atoms with Crippen LogP contribution in [-0.4, -0.2) is 30.7 Å². The van der Waals surface area contributed by atoms with E-state index in [2.05, 4.69) is 17.2 Å². The molecule has 1 aromatic heterocycles. The molecule has 1 saturated carbocycles. The van der Waals surface area contributed by atoms with Gasteiger partial charge in [0.05, 0.1) is 18.5 Å². The fraction of sp³-hybridized carbons (Fsp3) is 0.625. The van der Waals surface area contributed by atoms with Crippen molar-refractivity contribution in [3.63, 3.8) is 0 Å². The number of nitrogens with zero attached hydrogens (tertiary/aromatic N) is 1. The van der Waals surface area contributed by atoms with Crippen molar-refractivity contribution in [3.8, 4) is 5.88 Å². The number of pyridine rings is 1. The number of methoxy groups -OCH3 is 2. The number of nitrogens with one attached hydrogen (secondary N) is 1. The lowest BCUT2D eigenvalue weighted by molar-refractivity contribution is -0.143. The first-order valence-electron chi connectivity index (χ1n) is 7.39. The van der Waals surface area contributed by atoms with Crippen LogP contribution in [-0.2, 0) is 9.53 Å². The van der Waals surface area contributed by atoms with Gasteiger partial charge in [-0.2, -0.15) is 0 Å². The van der Waals surface area contributed by atoms with Crippen LogP contribution in [0.15, 0.2) is 12.1 Å². The zero-order chi connectivity index (χ0) is 15.5. The molecule has 5 nitrogen and oxygen atoms in total. The van der Waals surface area contributed by atoms with E-state index in [1.165, 1.54) is 0 Å². The number of rotatable bonds is 4. The Balaban J connectivity index is 2.16. The van der Waals surface area contributed by atoms with E-state index in [-0.39, 0.29) is 5.91 Å². The minimum Gasteiger partial charge on any atom is -0.481 e. The normalized spacial score (nSPS) is 25.4. The third-order valence-electron chi connectivity index (χ3n) is 4.28. The molecule has 0 aliphatic heterocycles. The lowest BCUT2D eigenvalue weighted by atomic mass is 9.78. The maximum Gasteiger partial charge on any atom is 0.256 e. The second-order valence-corrected chi connectivity index (χ2v) is 5.84. The fourth-order valence-corrected chi connectivity index (χ4v) is 3.01. The van der Waals surface area contributed by atoms with E-state index in [9.17, 15) is 4.79 Å². The summed E-state index contributed by atoms with van der Waals surface area (Å²) in [4.78, 5) is 17.0. The molecule has 1 aromatic rings. The Morgan fingerprint density at radius 1 is 1.43 bits per heavy atom. The van der Waals surface area contributed by atoms with E-state index >= 15 is 0 Å². The number of aryl methyl sites for hydroxylation is 1. The van der Waals surface area contributed by atoms with Crippen molar-refractivity contribution < 1.29 is 14.3 Å². The zero-order valence-electron chi connectivity index (χ0n) is 13.2. The van der Waals surface area contributed by atoms with Gasteiger partial charge in [0.1, 0.15) is 5.60 Å². The molecule has 0 saturated heterocycles. The first-order chi connectivity index (χ1) is 10.0. The lowest BCUT2D eigenvalue weighted by Crippen LogP contribution is -2.48. The maximum atomic E-state index is 12.7. The first kappa shape index (κ1) is 15.8. The fourth-order valence-electron chi connectivity index (χ4n) is 3.01. The third-order valence-corrected chi connectivity index (χ3v) is 4.28. The van der Waals surface area contributed by atoms with Crippen molar-refractivity contribution in [2.75, 3.05) is 19.5 Å². The highest BCUT2D eigenvalue weighted by molar-refractivity contribution is 5.97. The van der Waals surface area contributed by atoms with Crippen molar-refractivity contribution in [3.05, 3.63) is 17.8 Å². The molecule has 116 valence electrons. The van der Waals surface area contributed by atoms with Gasteiger partial charge in [-0.1, -0.05) is 13.3 Å². The number of hydrogen-bond donors (Lipinski definition) is 1. The summed E-state index contributed by atoms with van der Waals surface area (Å²) in [5, 5.41) is 2.96. The largest absolute Gasteiger partial charge is 0.481 e. The molecule has 0 unspecified atom stereocenters. The van der Waals surface area contributed by atoms with Gasteiger partial charge in [-0.15, -0.1) is 0 Å². The smallest absolute Gasteiger partial charge is 0.256 e. The summed E-state index contributed by atoms with van der Waals surface area (Å²) in [5.74, 6) is 0.962. The summed E-state index contributed by atoms with van der Waals surface area (Å²) in [6, 6.07) is 3.56. The van der Waals surface area contributed by atoms with E-state index < -0.39 is 5.60 Å². The Morgan fingerprint density at radius 3 is 2.76 bits per heavy atom. The summed E-state index contributed by atoms with van der Waals surface area (Å²) < 4.78 is 10.7. The topological polar surface area (TPSA) is 60.5 Å². The number of anilines is 1. The van der Waals surface area contributed by atoms with Crippen LogP contribution in [0.4, 0.5) is 5.69 Å². The average molecular weight is 292 g/mol. The van der Waals surface area contributed by atoms with E-state index in [0.717, 1.165) is 31.4 Å². The Labute approximate surface area is 126 Å². The number of carbonyl (C=O) groups is 1. The van der Waals surface area contributed by atoms with E-state index in [1.54, 1.807) is 20.3 Å². The molecule has 0 aromatic carbocycles. The first-order valence-corrected chi connectivity index (χ1v) is 7.39. The van der Waals surface area contributed by atoms with Crippen LogP contribution in [0, 0.1) is 12.8 Å². The van der Waals surface area contributed by atoms with E-state index in [1.807, 2.05) is 13.0 Å². The highest BCUT2D eigenvalue weighted by Crippen LogP contribution is 2.36. The van der Waals surface area contributed by atoms with Crippen molar-refractivity contribution in [1.82, 2.24) is 4.98 Å². The van der Waals surface area contributed by atoms with Gasteiger partial charge in [-0.05, 0) is 38.2 Å². The molecule has 0 bridgehead atoms. The monoisotopic (exact) mass is 292 g/mol. The number of aromatic nitrogens is 1. The van der Waals surface area contributed by atoms with Crippen LogP contribution >= 0.6 is 0 Å². The molecule has 1 heterocycles. The minimum atomic E-state index is -0.718. The molecule has 1 aliphatic carbocycles. The summed E-state index contributed by atoms with van der Waals surface area (Å²) >= 11 is 0. The van der Waals surface area contributed by atoms with Crippen LogP contribution in [0.2, 0.25) is 0 Å². The Hall–Kier alpha value is -1.62. The molecule has 1 fully saturated rings. The number of carbonyl (C=O) groups excluding carboxylic acids is 1. The van der Waals surface area contributed by atoms with Gasteiger partial charge in [0.25, 0.3) is 5.91 Å². The standard InChI is InChI=1S/C16H24N2O3/c1-11-6-5-9-16(10-11,21-4)15(19)18-13-7-8-14(20-3)17-12(13)2/h7-8,11H,5-6,9-10H2,1-4H3,(H,18,19)/t11-,16+/m1/s1. The molecular formula is C16H24N2O3. The molecule has 2 rings (SSSR count).